The minimum atomic E-state index is -0.147. The number of nitrogens with zero attached hydrogens (tertiary/aromatic N) is 2. The van der Waals surface area contributed by atoms with E-state index in [4.69, 9.17) is 0 Å². The van der Waals surface area contributed by atoms with Crippen LogP contribution in [0.15, 0.2) is 0 Å². The van der Waals surface area contributed by atoms with Crippen LogP contribution in [0.25, 0.3) is 0 Å². The van der Waals surface area contributed by atoms with Crippen LogP contribution in [0.1, 0.15) is 63.4 Å². The first-order chi connectivity index (χ1) is 9.51. The van der Waals surface area contributed by atoms with Crippen molar-refractivity contribution in [3.05, 3.63) is 11.6 Å². The summed E-state index contributed by atoms with van der Waals surface area (Å²) in [7, 11) is 0. The van der Waals surface area contributed by atoms with Crippen LogP contribution in [0.5, 0.6) is 0 Å². The van der Waals surface area contributed by atoms with Crippen LogP contribution in [0.2, 0.25) is 0 Å². The third-order valence-electron chi connectivity index (χ3n) is 4.41. The molecule has 3 unspecified atom stereocenters. The quantitative estimate of drug-likeness (QED) is 0.889. The van der Waals surface area contributed by atoms with Crippen LogP contribution in [-0.2, 0) is 6.42 Å². The van der Waals surface area contributed by atoms with Crippen molar-refractivity contribution < 1.29 is 4.79 Å². The molecule has 5 heteroatoms. The van der Waals surface area contributed by atoms with Crippen LogP contribution in [-0.4, -0.2) is 27.1 Å². The Balaban J connectivity index is 2.03. The maximum Gasteiger partial charge on any atom is 0.291 e. The Morgan fingerprint density at radius 1 is 1.45 bits per heavy atom. The average molecular weight is 278 g/mol. The predicted octanol–water partition coefficient (Wildman–Crippen LogP) is 2.56. The molecule has 1 heterocycles. The third kappa shape index (κ3) is 3.38. The molecule has 2 rings (SSSR count). The molecule has 0 spiro atoms. The number of H-pyrrole nitrogens is 1. The number of aromatic nitrogens is 3. The first kappa shape index (κ1) is 15.0. The molecule has 1 aromatic heterocycles. The Morgan fingerprint density at radius 2 is 2.20 bits per heavy atom. The monoisotopic (exact) mass is 278 g/mol. The minimum Gasteiger partial charge on any atom is -0.346 e. The Kier molecular flexibility index (Phi) is 4.78. The molecule has 1 aliphatic carbocycles. The molecule has 3 atom stereocenters. The lowest BCUT2D eigenvalue weighted by molar-refractivity contribution is 0.0857. The van der Waals surface area contributed by atoms with E-state index in [9.17, 15) is 4.79 Å². The van der Waals surface area contributed by atoms with Gasteiger partial charge in [-0.1, -0.05) is 34.1 Å². The number of hydrogen-bond acceptors (Lipinski definition) is 3. The third-order valence-corrected chi connectivity index (χ3v) is 4.41. The van der Waals surface area contributed by atoms with Crippen LogP contribution in [0, 0.1) is 17.8 Å². The van der Waals surface area contributed by atoms with Crippen LogP contribution >= 0.6 is 0 Å². The van der Waals surface area contributed by atoms with Crippen LogP contribution in [0.4, 0.5) is 0 Å². The van der Waals surface area contributed by atoms with E-state index in [1.165, 1.54) is 12.8 Å². The first-order valence-electron chi connectivity index (χ1n) is 7.73. The van der Waals surface area contributed by atoms with E-state index in [-0.39, 0.29) is 17.8 Å². The molecule has 0 aromatic carbocycles. The predicted molar refractivity (Wildman–Crippen MR) is 78.4 cm³/mol. The highest BCUT2D eigenvalue weighted by molar-refractivity contribution is 5.90. The van der Waals surface area contributed by atoms with E-state index in [1.807, 2.05) is 6.92 Å². The molecule has 20 heavy (non-hydrogen) atoms. The first-order valence-corrected chi connectivity index (χ1v) is 7.73. The van der Waals surface area contributed by atoms with Crippen LogP contribution < -0.4 is 5.32 Å². The molecule has 0 saturated heterocycles. The second-order valence-electron chi connectivity index (χ2n) is 6.37. The standard InChI is InChI=1S/C15H26N4O/c1-5-13-17-14(19-18-13)15(20)16-12-8-10(4)6-7-11(12)9(2)3/h9-12H,5-8H2,1-4H3,(H,16,20)(H,17,18,19). The molecular formula is C15H26N4O. The smallest absolute Gasteiger partial charge is 0.291 e. The summed E-state index contributed by atoms with van der Waals surface area (Å²) < 4.78 is 0. The molecular weight excluding hydrogens is 252 g/mol. The Bertz CT molecular complexity index is 454. The number of aryl methyl sites for hydroxylation is 1. The number of nitrogens with one attached hydrogen (secondary N) is 2. The fraction of sp³-hybridized carbons (Fsp3) is 0.800. The fourth-order valence-electron chi connectivity index (χ4n) is 3.16. The summed E-state index contributed by atoms with van der Waals surface area (Å²) in [6.45, 7) is 8.72. The molecule has 1 aliphatic rings. The lowest BCUT2D eigenvalue weighted by Crippen LogP contribution is -2.45. The number of rotatable bonds is 4. The van der Waals surface area contributed by atoms with E-state index in [2.05, 4.69) is 41.3 Å². The average Bonchev–Trinajstić information content (AvgIpc) is 2.87. The summed E-state index contributed by atoms with van der Waals surface area (Å²) in [5.74, 6) is 2.69. The van der Waals surface area contributed by atoms with E-state index in [0.29, 0.717) is 17.8 Å². The maximum atomic E-state index is 12.3. The minimum absolute atomic E-state index is 0.147. The molecule has 1 saturated carbocycles. The topological polar surface area (TPSA) is 70.7 Å². The second kappa shape index (κ2) is 6.37. The van der Waals surface area contributed by atoms with Gasteiger partial charge in [0.1, 0.15) is 5.82 Å². The van der Waals surface area contributed by atoms with E-state index < -0.39 is 0 Å². The van der Waals surface area contributed by atoms with Gasteiger partial charge < -0.3 is 5.32 Å². The molecule has 2 N–H and O–H groups in total. The lowest BCUT2D eigenvalue weighted by Gasteiger charge is -2.37. The highest BCUT2D eigenvalue weighted by atomic mass is 16.2. The van der Waals surface area contributed by atoms with E-state index >= 15 is 0 Å². The zero-order chi connectivity index (χ0) is 14.7. The van der Waals surface area contributed by atoms with E-state index in [0.717, 1.165) is 18.7 Å². The molecule has 0 bridgehead atoms. The van der Waals surface area contributed by atoms with Crippen molar-refractivity contribution in [3.8, 4) is 0 Å². The van der Waals surface area contributed by atoms with Crippen molar-refractivity contribution in [1.29, 1.82) is 0 Å². The molecule has 112 valence electrons. The van der Waals surface area contributed by atoms with Crippen molar-refractivity contribution in [2.24, 2.45) is 17.8 Å². The SMILES string of the molecule is CCc1nc(C(=O)NC2CC(C)CCC2C(C)C)n[nH]1. The zero-order valence-electron chi connectivity index (χ0n) is 12.9. The van der Waals surface area contributed by atoms with Crippen molar-refractivity contribution in [2.45, 2.75) is 59.4 Å². The number of carbonyl (C=O) groups excluding carboxylic acids is 1. The number of hydrogen-bond donors (Lipinski definition) is 2. The van der Waals surface area contributed by atoms with Crippen molar-refractivity contribution in [1.82, 2.24) is 20.5 Å². The van der Waals surface area contributed by atoms with Crippen molar-refractivity contribution >= 4 is 5.91 Å². The summed E-state index contributed by atoms with van der Waals surface area (Å²) in [6.07, 6.45) is 4.27. The molecule has 1 amide bonds. The molecule has 0 radical (unpaired) electrons. The van der Waals surface area contributed by atoms with Crippen molar-refractivity contribution in [2.75, 3.05) is 0 Å². The molecule has 0 aliphatic heterocycles. The fourth-order valence-corrected chi connectivity index (χ4v) is 3.16. The number of aromatic amines is 1. The van der Waals surface area contributed by atoms with E-state index in [1.54, 1.807) is 0 Å². The van der Waals surface area contributed by atoms with Crippen LogP contribution in [0.3, 0.4) is 0 Å². The summed E-state index contributed by atoms with van der Waals surface area (Å²) in [5.41, 5.74) is 0. The van der Waals surface area contributed by atoms with Gasteiger partial charge in [-0.25, -0.2) is 4.98 Å². The van der Waals surface area contributed by atoms with Gasteiger partial charge >= 0.3 is 0 Å². The Hall–Kier alpha value is -1.39. The molecule has 1 fully saturated rings. The summed E-state index contributed by atoms with van der Waals surface area (Å²) in [4.78, 5) is 16.5. The van der Waals surface area contributed by atoms with Gasteiger partial charge in [-0.15, -0.1) is 5.10 Å². The molecule has 1 aromatic rings. The normalized spacial score (nSPS) is 26.8. The second-order valence-corrected chi connectivity index (χ2v) is 6.37. The maximum absolute atomic E-state index is 12.3. The van der Waals surface area contributed by atoms with Gasteiger partial charge in [0.15, 0.2) is 0 Å². The van der Waals surface area contributed by atoms with Gasteiger partial charge in [0, 0.05) is 12.5 Å². The van der Waals surface area contributed by atoms with Gasteiger partial charge in [-0.2, -0.15) is 0 Å². The highest BCUT2D eigenvalue weighted by Crippen LogP contribution is 2.33. The number of carbonyl (C=O) groups is 1. The largest absolute Gasteiger partial charge is 0.346 e. The Morgan fingerprint density at radius 3 is 2.80 bits per heavy atom. The van der Waals surface area contributed by atoms with Gasteiger partial charge in [0.2, 0.25) is 5.82 Å². The summed E-state index contributed by atoms with van der Waals surface area (Å²) in [6, 6.07) is 0.245. The summed E-state index contributed by atoms with van der Waals surface area (Å²) in [5, 5.41) is 9.94. The van der Waals surface area contributed by atoms with Gasteiger partial charge in [-0.05, 0) is 30.6 Å². The van der Waals surface area contributed by atoms with Crippen molar-refractivity contribution in [3.63, 3.8) is 0 Å². The summed E-state index contributed by atoms with van der Waals surface area (Å²) >= 11 is 0. The highest BCUT2D eigenvalue weighted by Gasteiger charge is 2.32. The Labute approximate surface area is 120 Å². The zero-order valence-corrected chi connectivity index (χ0v) is 12.9. The van der Waals surface area contributed by atoms with Gasteiger partial charge in [0.05, 0.1) is 0 Å². The lowest BCUT2D eigenvalue weighted by atomic mass is 9.74. The molecule has 5 nitrogen and oxygen atoms in total. The number of amides is 1. The van der Waals surface area contributed by atoms with Gasteiger partial charge in [-0.3, -0.25) is 9.89 Å². The van der Waals surface area contributed by atoms with Gasteiger partial charge in [0.25, 0.3) is 5.91 Å².